The maximum atomic E-state index is 13.2. The van der Waals surface area contributed by atoms with Gasteiger partial charge in [-0.05, 0) is 52.7 Å². The fourth-order valence-electron chi connectivity index (χ4n) is 2.87. The molecule has 1 N–H and O–H groups in total. The Bertz CT molecular complexity index is 1270. The lowest BCUT2D eigenvalue weighted by Gasteiger charge is -2.13. The molecule has 0 aliphatic carbocycles. The summed E-state index contributed by atoms with van der Waals surface area (Å²) in [5.41, 5.74) is 1.95. The maximum Gasteiger partial charge on any atom is 0.274 e. The number of hydrogen-bond donors (Lipinski definition) is 1. The Morgan fingerprint density at radius 1 is 1.20 bits per heavy atom. The molecule has 0 radical (unpaired) electrons. The molecule has 0 aliphatic rings. The number of aromatic nitrogens is 5. The van der Waals surface area contributed by atoms with Gasteiger partial charge in [0.05, 0.1) is 16.3 Å². The third-order valence-electron chi connectivity index (χ3n) is 4.15. The summed E-state index contributed by atoms with van der Waals surface area (Å²) >= 11 is 15.8. The van der Waals surface area contributed by atoms with Crippen LogP contribution in [0, 0.1) is 13.8 Å². The molecule has 0 saturated heterocycles. The molecule has 0 bridgehead atoms. The van der Waals surface area contributed by atoms with Gasteiger partial charge in [0.15, 0.2) is 5.82 Å². The van der Waals surface area contributed by atoms with Crippen molar-refractivity contribution in [3.05, 3.63) is 68.3 Å². The van der Waals surface area contributed by atoms with Gasteiger partial charge in [0.1, 0.15) is 10.3 Å². The first-order valence-electron chi connectivity index (χ1n) is 8.62. The molecule has 0 spiro atoms. The summed E-state index contributed by atoms with van der Waals surface area (Å²) in [4.78, 5) is 17.4. The van der Waals surface area contributed by atoms with Crippen LogP contribution in [0.2, 0.25) is 10.0 Å². The van der Waals surface area contributed by atoms with E-state index in [-0.39, 0.29) is 11.6 Å². The van der Waals surface area contributed by atoms with Crippen LogP contribution in [0.15, 0.2) is 45.5 Å². The van der Waals surface area contributed by atoms with Gasteiger partial charge in [0, 0.05) is 24.2 Å². The number of halogens is 3. The van der Waals surface area contributed by atoms with E-state index in [2.05, 4.69) is 41.5 Å². The van der Waals surface area contributed by atoms with Crippen LogP contribution in [0.4, 0.5) is 5.69 Å². The summed E-state index contributed by atoms with van der Waals surface area (Å²) in [6.45, 7) is 3.50. The summed E-state index contributed by atoms with van der Waals surface area (Å²) in [5, 5.41) is 15.9. The van der Waals surface area contributed by atoms with E-state index in [1.807, 2.05) is 6.92 Å². The second-order valence-electron chi connectivity index (χ2n) is 6.30. The number of anilines is 1. The molecular weight excluding hydrogens is 495 g/mol. The Morgan fingerprint density at radius 3 is 2.70 bits per heavy atom. The Labute approximate surface area is 189 Å². The molecule has 0 fully saturated rings. The van der Waals surface area contributed by atoms with Gasteiger partial charge in [-0.15, -0.1) is 10.2 Å². The second kappa shape index (κ2) is 8.17. The first-order valence-corrected chi connectivity index (χ1v) is 10.2. The summed E-state index contributed by atoms with van der Waals surface area (Å²) < 4.78 is 7.35. The summed E-state index contributed by atoms with van der Waals surface area (Å²) in [6.07, 6.45) is 1.57. The Hall–Kier alpha value is -2.75. The SMILES string of the molecule is Cc1nnc(-c2cc(Cl)cc(C)c2NC(=O)c2cc(Br)nn2-c2ncccc2Cl)o1. The Balaban J connectivity index is 1.77. The lowest BCUT2D eigenvalue weighted by Crippen LogP contribution is -2.18. The van der Waals surface area contributed by atoms with E-state index in [1.165, 1.54) is 4.68 Å². The molecule has 3 heterocycles. The van der Waals surface area contributed by atoms with Gasteiger partial charge in [0.2, 0.25) is 11.8 Å². The highest BCUT2D eigenvalue weighted by Crippen LogP contribution is 2.34. The molecule has 3 aromatic heterocycles. The minimum atomic E-state index is -0.433. The number of amides is 1. The number of nitrogens with zero attached hydrogens (tertiary/aromatic N) is 5. The first kappa shape index (κ1) is 20.5. The fourth-order valence-corrected chi connectivity index (χ4v) is 3.72. The minimum Gasteiger partial charge on any atom is -0.421 e. The average Bonchev–Trinajstić information content (AvgIpc) is 3.29. The highest BCUT2D eigenvalue weighted by molar-refractivity contribution is 9.10. The fraction of sp³-hybridized carbons (Fsp3) is 0.105. The summed E-state index contributed by atoms with van der Waals surface area (Å²) in [5.74, 6) is 0.538. The largest absolute Gasteiger partial charge is 0.421 e. The predicted octanol–water partition coefficient (Wildman–Crippen LogP) is 5.26. The van der Waals surface area contributed by atoms with Crippen molar-refractivity contribution in [2.45, 2.75) is 13.8 Å². The van der Waals surface area contributed by atoms with Crippen molar-refractivity contribution in [2.24, 2.45) is 0 Å². The van der Waals surface area contributed by atoms with E-state index >= 15 is 0 Å². The molecular formula is C19H13BrCl2N6O2. The van der Waals surface area contributed by atoms with E-state index < -0.39 is 5.91 Å². The Kier molecular flexibility index (Phi) is 5.59. The number of benzene rings is 1. The second-order valence-corrected chi connectivity index (χ2v) is 7.95. The van der Waals surface area contributed by atoms with Gasteiger partial charge in [-0.25, -0.2) is 9.67 Å². The normalized spacial score (nSPS) is 11.0. The van der Waals surface area contributed by atoms with Crippen molar-refractivity contribution in [3.8, 4) is 17.3 Å². The van der Waals surface area contributed by atoms with Gasteiger partial charge < -0.3 is 9.73 Å². The number of carbonyl (C=O) groups excluding carboxylic acids is 1. The quantitative estimate of drug-likeness (QED) is 0.404. The van der Waals surface area contributed by atoms with Gasteiger partial charge in [0.25, 0.3) is 5.91 Å². The summed E-state index contributed by atoms with van der Waals surface area (Å²) in [6, 6.07) is 8.31. The van der Waals surface area contributed by atoms with Crippen molar-refractivity contribution in [3.63, 3.8) is 0 Å². The highest BCUT2D eigenvalue weighted by atomic mass is 79.9. The van der Waals surface area contributed by atoms with Crippen LogP contribution in [-0.4, -0.2) is 30.9 Å². The highest BCUT2D eigenvalue weighted by Gasteiger charge is 2.22. The number of rotatable bonds is 4. The molecule has 30 heavy (non-hydrogen) atoms. The zero-order valence-corrected chi connectivity index (χ0v) is 18.7. The lowest BCUT2D eigenvalue weighted by atomic mass is 10.1. The van der Waals surface area contributed by atoms with Gasteiger partial charge >= 0.3 is 0 Å². The van der Waals surface area contributed by atoms with E-state index in [4.69, 9.17) is 27.6 Å². The molecule has 152 valence electrons. The molecule has 11 heteroatoms. The van der Waals surface area contributed by atoms with Crippen LogP contribution in [0.1, 0.15) is 21.9 Å². The zero-order valence-electron chi connectivity index (χ0n) is 15.7. The average molecular weight is 508 g/mol. The molecule has 0 saturated carbocycles. The molecule has 1 aromatic carbocycles. The van der Waals surface area contributed by atoms with Gasteiger partial charge in [-0.3, -0.25) is 4.79 Å². The number of nitrogens with one attached hydrogen (secondary N) is 1. The van der Waals surface area contributed by atoms with Crippen LogP contribution >= 0.6 is 39.1 Å². The molecule has 8 nitrogen and oxygen atoms in total. The third kappa shape index (κ3) is 3.96. The van der Waals surface area contributed by atoms with Crippen molar-refractivity contribution in [2.75, 3.05) is 5.32 Å². The molecule has 4 rings (SSSR count). The first-order chi connectivity index (χ1) is 14.3. The molecule has 0 aliphatic heterocycles. The van der Waals surface area contributed by atoms with Crippen LogP contribution < -0.4 is 5.32 Å². The molecule has 1 amide bonds. The van der Waals surface area contributed by atoms with Crippen molar-refractivity contribution in [1.29, 1.82) is 0 Å². The topological polar surface area (TPSA) is 98.7 Å². The Morgan fingerprint density at radius 2 is 2.00 bits per heavy atom. The lowest BCUT2D eigenvalue weighted by molar-refractivity contribution is 0.101. The van der Waals surface area contributed by atoms with Gasteiger partial charge in [-0.1, -0.05) is 23.2 Å². The van der Waals surface area contributed by atoms with E-state index in [9.17, 15) is 4.79 Å². The van der Waals surface area contributed by atoms with Crippen molar-refractivity contribution >= 4 is 50.7 Å². The van der Waals surface area contributed by atoms with Crippen molar-refractivity contribution in [1.82, 2.24) is 25.0 Å². The number of aryl methyl sites for hydroxylation is 2. The predicted molar refractivity (Wildman–Crippen MR) is 116 cm³/mol. The number of hydrogen-bond acceptors (Lipinski definition) is 6. The standard InChI is InChI=1S/C19H13BrCl2N6O2/c1-9-6-11(21)7-12(19-26-25-10(2)30-19)16(9)24-18(29)14-8-15(20)27-28(14)17-13(22)4-3-5-23-17/h3-8H,1-2H3,(H,24,29). The van der Waals surface area contributed by atoms with Crippen LogP contribution in [0.25, 0.3) is 17.3 Å². The monoisotopic (exact) mass is 506 g/mol. The van der Waals surface area contributed by atoms with E-state index in [0.717, 1.165) is 5.56 Å². The number of pyridine rings is 1. The van der Waals surface area contributed by atoms with Crippen molar-refractivity contribution < 1.29 is 9.21 Å². The minimum absolute atomic E-state index is 0.226. The maximum absolute atomic E-state index is 13.2. The van der Waals surface area contributed by atoms with E-state index in [1.54, 1.807) is 43.5 Å². The van der Waals surface area contributed by atoms with Crippen LogP contribution in [-0.2, 0) is 0 Å². The van der Waals surface area contributed by atoms with Crippen LogP contribution in [0.3, 0.4) is 0 Å². The number of carbonyl (C=O) groups is 1. The van der Waals surface area contributed by atoms with Gasteiger partial charge in [-0.2, -0.15) is 5.10 Å². The van der Waals surface area contributed by atoms with E-state index in [0.29, 0.717) is 37.6 Å². The summed E-state index contributed by atoms with van der Waals surface area (Å²) in [7, 11) is 0. The molecule has 0 atom stereocenters. The zero-order chi connectivity index (χ0) is 21.4. The molecule has 0 unspecified atom stereocenters. The molecule has 4 aromatic rings. The smallest absolute Gasteiger partial charge is 0.274 e. The van der Waals surface area contributed by atoms with Crippen LogP contribution in [0.5, 0.6) is 0 Å². The third-order valence-corrected chi connectivity index (χ3v) is 5.05.